The largest absolute Gasteiger partial charge is 0.478 e. The average molecular weight is 299 g/mol. The SMILES string of the molecule is C[C@@H](NC(=O)OCc1ccccc1)c1ccc(C(=O)O)cc1. The fourth-order valence-electron chi connectivity index (χ4n) is 1.94. The van der Waals surface area contributed by atoms with Gasteiger partial charge in [0.15, 0.2) is 0 Å². The van der Waals surface area contributed by atoms with E-state index in [9.17, 15) is 9.59 Å². The van der Waals surface area contributed by atoms with E-state index in [1.54, 1.807) is 19.1 Å². The highest BCUT2D eigenvalue weighted by Crippen LogP contribution is 2.14. The summed E-state index contributed by atoms with van der Waals surface area (Å²) >= 11 is 0. The molecular formula is C17H17NO4. The first-order valence-corrected chi connectivity index (χ1v) is 6.86. The van der Waals surface area contributed by atoms with Gasteiger partial charge < -0.3 is 15.2 Å². The number of ether oxygens (including phenoxy) is 1. The van der Waals surface area contributed by atoms with Crippen molar-refractivity contribution in [2.75, 3.05) is 0 Å². The number of amides is 1. The molecule has 0 heterocycles. The maximum Gasteiger partial charge on any atom is 0.407 e. The first-order valence-electron chi connectivity index (χ1n) is 6.86. The van der Waals surface area contributed by atoms with Crippen LogP contribution in [-0.2, 0) is 11.3 Å². The smallest absolute Gasteiger partial charge is 0.407 e. The van der Waals surface area contributed by atoms with E-state index in [1.807, 2.05) is 30.3 Å². The third-order valence-corrected chi connectivity index (χ3v) is 3.20. The summed E-state index contributed by atoms with van der Waals surface area (Å²) < 4.78 is 5.14. The quantitative estimate of drug-likeness (QED) is 0.887. The molecule has 0 unspecified atom stereocenters. The van der Waals surface area contributed by atoms with Crippen molar-refractivity contribution in [1.82, 2.24) is 5.32 Å². The Morgan fingerprint density at radius 2 is 1.73 bits per heavy atom. The predicted octanol–water partition coefficient (Wildman–Crippen LogP) is 3.37. The molecule has 0 saturated carbocycles. The summed E-state index contributed by atoms with van der Waals surface area (Å²) in [6.45, 7) is 2.01. The molecule has 1 amide bonds. The van der Waals surface area contributed by atoms with E-state index in [2.05, 4.69) is 5.32 Å². The van der Waals surface area contributed by atoms with E-state index in [1.165, 1.54) is 12.1 Å². The third kappa shape index (κ3) is 4.34. The highest BCUT2D eigenvalue weighted by atomic mass is 16.5. The molecule has 5 nitrogen and oxygen atoms in total. The van der Waals surface area contributed by atoms with E-state index < -0.39 is 12.1 Å². The molecule has 0 aliphatic carbocycles. The van der Waals surface area contributed by atoms with Crippen molar-refractivity contribution in [3.05, 3.63) is 71.3 Å². The topological polar surface area (TPSA) is 75.6 Å². The zero-order valence-corrected chi connectivity index (χ0v) is 12.2. The molecule has 5 heteroatoms. The van der Waals surface area contributed by atoms with Gasteiger partial charge >= 0.3 is 12.1 Å². The van der Waals surface area contributed by atoms with Crippen molar-refractivity contribution in [2.45, 2.75) is 19.6 Å². The number of hydrogen-bond acceptors (Lipinski definition) is 3. The highest BCUT2D eigenvalue weighted by Gasteiger charge is 2.11. The number of carboxylic acid groups (broad SMARTS) is 1. The Labute approximate surface area is 128 Å². The number of nitrogens with one attached hydrogen (secondary N) is 1. The number of carbonyl (C=O) groups excluding carboxylic acids is 1. The van der Waals surface area contributed by atoms with E-state index in [0.29, 0.717) is 0 Å². The number of aromatic carboxylic acids is 1. The van der Waals surface area contributed by atoms with Gasteiger partial charge in [0.25, 0.3) is 0 Å². The van der Waals surface area contributed by atoms with Crippen LogP contribution >= 0.6 is 0 Å². The zero-order valence-electron chi connectivity index (χ0n) is 12.2. The van der Waals surface area contributed by atoms with Crippen LogP contribution in [0.25, 0.3) is 0 Å². The summed E-state index contributed by atoms with van der Waals surface area (Å²) in [5.41, 5.74) is 1.93. The van der Waals surface area contributed by atoms with Crippen LogP contribution in [0.4, 0.5) is 4.79 Å². The fourth-order valence-corrected chi connectivity index (χ4v) is 1.94. The standard InChI is InChI=1S/C17H17NO4/c1-12(14-7-9-15(10-8-14)16(19)20)18-17(21)22-11-13-5-3-2-4-6-13/h2-10,12H,11H2,1H3,(H,18,21)(H,19,20)/t12-/m1/s1. The lowest BCUT2D eigenvalue weighted by Crippen LogP contribution is -2.27. The van der Waals surface area contributed by atoms with E-state index >= 15 is 0 Å². The Kier molecular flexibility index (Phi) is 5.14. The second-order valence-electron chi connectivity index (χ2n) is 4.85. The van der Waals surface area contributed by atoms with Crippen LogP contribution in [0.2, 0.25) is 0 Å². The van der Waals surface area contributed by atoms with Crippen molar-refractivity contribution in [3.63, 3.8) is 0 Å². The molecule has 2 rings (SSSR count). The van der Waals surface area contributed by atoms with Crippen LogP contribution in [-0.4, -0.2) is 17.2 Å². The lowest BCUT2D eigenvalue weighted by Gasteiger charge is -2.14. The summed E-state index contributed by atoms with van der Waals surface area (Å²) in [5, 5.41) is 11.6. The summed E-state index contributed by atoms with van der Waals surface area (Å²) in [5.74, 6) is -0.977. The van der Waals surface area contributed by atoms with Gasteiger partial charge in [0.1, 0.15) is 6.61 Å². The normalized spacial score (nSPS) is 11.5. The minimum absolute atomic E-state index is 0.206. The maximum absolute atomic E-state index is 11.7. The summed E-state index contributed by atoms with van der Waals surface area (Å²) in [7, 11) is 0. The predicted molar refractivity (Wildman–Crippen MR) is 81.6 cm³/mol. The van der Waals surface area contributed by atoms with Gasteiger partial charge in [-0.15, -0.1) is 0 Å². The van der Waals surface area contributed by atoms with Crippen LogP contribution in [0, 0.1) is 0 Å². The molecule has 2 aromatic carbocycles. The molecule has 114 valence electrons. The van der Waals surface area contributed by atoms with Crippen LogP contribution in [0.1, 0.15) is 34.5 Å². The van der Waals surface area contributed by atoms with Gasteiger partial charge in [0, 0.05) is 0 Å². The zero-order chi connectivity index (χ0) is 15.9. The van der Waals surface area contributed by atoms with Gasteiger partial charge in [0.2, 0.25) is 0 Å². The lowest BCUT2D eigenvalue weighted by atomic mass is 10.1. The fraction of sp³-hybridized carbons (Fsp3) is 0.176. The molecule has 0 spiro atoms. The number of alkyl carbamates (subject to hydrolysis) is 1. The Hall–Kier alpha value is -2.82. The number of benzene rings is 2. The molecule has 2 aromatic rings. The molecule has 22 heavy (non-hydrogen) atoms. The van der Waals surface area contributed by atoms with Crippen molar-refractivity contribution in [3.8, 4) is 0 Å². The Bertz CT molecular complexity index is 637. The molecule has 2 N–H and O–H groups in total. The van der Waals surface area contributed by atoms with Gasteiger partial charge in [-0.1, -0.05) is 42.5 Å². The second-order valence-corrected chi connectivity index (χ2v) is 4.85. The Morgan fingerprint density at radius 3 is 2.32 bits per heavy atom. The van der Waals surface area contributed by atoms with E-state index in [-0.39, 0.29) is 18.2 Å². The molecule has 0 fully saturated rings. The van der Waals surface area contributed by atoms with Gasteiger partial charge in [-0.05, 0) is 30.2 Å². The molecule has 0 saturated heterocycles. The Balaban J connectivity index is 1.86. The molecule has 0 bridgehead atoms. The van der Waals surface area contributed by atoms with Crippen LogP contribution in [0.5, 0.6) is 0 Å². The number of carboxylic acids is 1. The molecule has 1 atom stereocenters. The number of carbonyl (C=O) groups is 2. The number of rotatable bonds is 5. The first kappa shape index (κ1) is 15.6. The molecule has 0 radical (unpaired) electrons. The van der Waals surface area contributed by atoms with Crippen molar-refractivity contribution < 1.29 is 19.4 Å². The van der Waals surface area contributed by atoms with E-state index in [4.69, 9.17) is 9.84 Å². The molecular weight excluding hydrogens is 282 g/mol. The number of hydrogen-bond donors (Lipinski definition) is 2. The highest BCUT2D eigenvalue weighted by molar-refractivity contribution is 5.87. The van der Waals surface area contributed by atoms with Gasteiger partial charge in [-0.2, -0.15) is 0 Å². The first-order chi connectivity index (χ1) is 10.6. The molecule has 0 aliphatic heterocycles. The molecule has 0 aromatic heterocycles. The third-order valence-electron chi connectivity index (χ3n) is 3.20. The minimum atomic E-state index is -0.977. The minimum Gasteiger partial charge on any atom is -0.478 e. The maximum atomic E-state index is 11.7. The lowest BCUT2D eigenvalue weighted by molar-refractivity contribution is 0.0696. The summed E-state index contributed by atoms with van der Waals surface area (Å²) in [6.07, 6.45) is -0.515. The van der Waals surface area contributed by atoms with Gasteiger partial charge in [0.05, 0.1) is 11.6 Å². The van der Waals surface area contributed by atoms with Crippen molar-refractivity contribution >= 4 is 12.1 Å². The van der Waals surface area contributed by atoms with Gasteiger partial charge in [-0.25, -0.2) is 9.59 Å². The second kappa shape index (κ2) is 7.26. The van der Waals surface area contributed by atoms with E-state index in [0.717, 1.165) is 11.1 Å². The van der Waals surface area contributed by atoms with Gasteiger partial charge in [-0.3, -0.25) is 0 Å². The van der Waals surface area contributed by atoms with Crippen molar-refractivity contribution in [2.24, 2.45) is 0 Å². The van der Waals surface area contributed by atoms with Crippen molar-refractivity contribution in [1.29, 1.82) is 0 Å². The van der Waals surface area contributed by atoms with Crippen LogP contribution < -0.4 is 5.32 Å². The summed E-state index contributed by atoms with van der Waals surface area (Å²) in [6, 6.07) is 15.5. The average Bonchev–Trinajstić information content (AvgIpc) is 2.54. The van der Waals surface area contributed by atoms with Crippen LogP contribution in [0.3, 0.4) is 0 Å². The monoisotopic (exact) mass is 299 g/mol. The van der Waals surface area contributed by atoms with Crippen LogP contribution in [0.15, 0.2) is 54.6 Å². The summed E-state index contributed by atoms with van der Waals surface area (Å²) in [4.78, 5) is 22.5. The molecule has 0 aliphatic rings. The Morgan fingerprint density at radius 1 is 1.09 bits per heavy atom.